The fraction of sp³-hybridized carbons (Fsp3) is 0.500. The van der Waals surface area contributed by atoms with E-state index in [2.05, 4.69) is 15.3 Å². The van der Waals surface area contributed by atoms with Gasteiger partial charge in [0.2, 0.25) is 5.91 Å². The number of piperidine rings is 1. The minimum Gasteiger partial charge on any atom is -0.355 e. The van der Waals surface area contributed by atoms with Gasteiger partial charge in [-0.3, -0.25) is 9.78 Å². The third kappa shape index (κ3) is 3.68. The summed E-state index contributed by atoms with van der Waals surface area (Å²) in [7, 11) is 0. The summed E-state index contributed by atoms with van der Waals surface area (Å²) in [6.45, 7) is 1.23. The maximum atomic E-state index is 14.9. The lowest BCUT2D eigenvalue weighted by atomic mass is 9.93. The van der Waals surface area contributed by atoms with Gasteiger partial charge >= 0.3 is 0 Å². The molecule has 1 aromatic heterocycles. The van der Waals surface area contributed by atoms with Gasteiger partial charge in [0.05, 0.1) is 23.8 Å². The average molecular weight is 363 g/mol. The highest BCUT2D eigenvalue weighted by atomic mass is 35.5. The molecule has 0 spiro atoms. The van der Waals surface area contributed by atoms with Gasteiger partial charge in [-0.1, -0.05) is 11.6 Å². The summed E-state index contributed by atoms with van der Waals surface area (Å²) in [6.07, 6.45) is 4.32. The Morgan fingerprint density at radius 3 is 2.80 bits per heavy atom. The van der Waals surface area contributed by atoms with Crippen LogP contribution in [0.15, 0.2) is 24.4 Å². The molecule has 0 bridgehead atoms. The molecule has 4 rings (SSSR count). The smallest absolute Gasteiger partial charge is 0.223 e. The van der Waals surface area contributed by atoms with Crippen molar-refractivity contribution in [2.75, 3.05) is 24.5 Å². The van der Waals surface area contributed by atoms with E-state index < -0.39 is 5.67 Å². The first-order chi connectivity index (χ1) is 12.0. The number of alkyl halides is 1. The van der Waals surface area contributed by atoms with Gasteiger partial charge in [0.25, 0.3) is 0 Å². The van der Waals surface area contributed by atoms with Crippen LogP contribution in [0.25, 0.3) is 11.0 Å². The Kier molecular flexibility index (Phi) is 4.23. The van der Waals surface area contributed by atoms with Crippen LogP contribution < -0.4 is 10.2 Å². The van der Waals surface area contributed by atoms with Crippen LogP contribution in [0.1, 0.15) is 25.7 Å². The normalized spacial score (nSPS) is 19.8. The highest BCUT2D eigenvalue weighted by Crippen LogP contribution is 2.31. The number of rotatable bonds is 4. The number of halogens is 2. The Labute approximate surface area is 150 Å². The number of aromatic nitrogens is 2. The molecule has 0 atom stereocenters. The van der Waals surface area contributed by atoms with E-state index in [9.17, 15) is 9.18 Å². The lowest BCUT2D eigenvalue weighted by Crippen LogP contribution is -2.48. The number of fused-ring (bicyclic) bond motifs is 1. The van der Waals surface area contributed by atoms with Crippen LogP contribution in [0.4, 0.5) is 10.2 Å². The molecular weight excluding hydrogens is 343 g/mol. The summed E-state index contributed by atoms with van der Waals surface area (Å²) < 4.78 is 14.9. The Morgan fingerprint density at radius 1 is 1.32 bits per heavy atom. The second-order valence-electron chi connectivity index (χ2n) is 6.99. The second-order valence-corrected chi connectivity index (χ2v) is 7.43. The van der Waals surface area contributed by atoms with Crippen molar-refractivity contribution >= 4 is 34.4 Å². The molecule has 5 nitrogen and oxygen atoms in total. The first-order valence-corrected chi connectivity index (χ1v) is 9.04. The lowest BCUT2D eigenvalue weighted by Gasteiger charge is -2.37. The fourth-order valence-corrected chi connectivity index (χ4v) is 3.34. The van der Waals surface area contributed by atoms with E-state index >= 15 is 0 Å². The van der Waals surface area contributed by atoms with Gasteiger partial charge in [-0.2, -0.15) is 0 Å². The van der Waals surface area contributed by atoms with Crippen LogP contribution in [0.2, 0.25) is 5.02 Å². The summed E-state index contributed by atoms with van der Waals surface area (Å²) in [5.74, 6) is 0.863. The number of anilines is 1. The van der Waals surface area contributed by atoms with E-state index in [0.29, 0.717) is 31.0 Å². The van der Waals surface area contributed by atoms with Crippen molar-refractivity contribution in [3.63, 3.8) is 0 Å². The first-order valence-electron chi connectivity index (χ1n) is 8.66. The topological polar surface area (TPSA) is 58.1 Å². The Hall–Kier alpha value is -1.95. The number of benzene rings is 1. The number of carbonyl (C=O) groups excluding carboxylic acids is 1. The maximum Gasteiger partial charge on any atom is 0.223 e. The van der Waals surface area contributed by atoms with Crippen LogP contribution in [0.3, 0.4) is 0 Å². The molecule has 132 valence electrons. The molecule has 7 heteroatoms. The SMILES string of the molecule is O=C(NCC1(F)CCN(c2cnc3cc(Cl)ccc3n2)CC1)C1CC1. The number of carbonyl (C=O) groups is 1. The van der Waals surface area contributed by atoms with Crippen molar-refractivity contribution in [2.24, 2.45) is 5.92 Å². The second kappa shape index (κ2) is 6.41. The molecule has 0 radical (unpaired) electrons. The highest BCUT2D eigenvalue weighted by molar-refractivity contribution is 6.31. The minimum absolute atomic E-state index is 0.00138. The molecule has 25 heavy (non-hydrogen) atoms. The van der Waals surface area contributed by atoms with Gasteiger partial charge in [-0.25, -0.2) is 9.37 Å². The zero-order chi connectivity index (χ0) is 17.4. The number of hydrogen-bond acceptors (Lipinski definition) is 4. The summed E-state index contributed by atoms with van der Waals surface area (Å²) >= 11 is 5.96. The molecule has 2 heterocycles. The van der Waals surface area contributed by atoms with Gasteiger partial charge in [-0.05, 0) is 31.0 Å². The summed E-state index contributed by atoms with van der Waals surface area (Å²) in [5.41, 5.74) is 0.185. The number of nitrogens with one attached hydrogen (secondary N) is 1. The van der Waals surface area contributed by atoms with Gasteiger partial charge in [0.15, 0.2) is 0 Å². The third-order valence-electron chi connectivity index (χ3n) is 5.00. The summed E-state index contributed by atoms with van der Waals surface area (Å²) in [6, 6.07) is 5.40. The Morgan fingerprint density at radius 2 is 2.08 bits per heavy atom. The quantitative estimate of drug-likeness (QED) is 0.907. The predicted octanol–water partition coefficient (Wildman–Crippen LogP) is 3.12. The molecule has 1 aliphatic heterocycles. The van der Waals surface area contributed by atoms with Gasteiger partial charge in [0.1, 0.15) is 11.5 Å². The van der Waals surface area contributed by atoms with Gasteiger partial charge in [0, 0.05) is 36.9 Å². The molecule has 0 unspecified atom stereocenters. The van der Waals surface area contributed by atoms with Gasteiger partial charge in [-0.15, -0.1) is 0 Å². The standard InChI is InChI=1S/C18H20ClFN4O/c19-13-3-4-14-15(9-13)21-10-16(23-14)24-7-5-18(20,6-8-24)11-22-17(25)12-1-2-12/h3-4,9-10,12H,1-2,5-8,11H2,(H,22,25). The number of nitrogens with zero attached hydrogens (tertiary/aromatic N) is 3. The van der Waals surface area contributed by atoms with E-state index in [1.54, 1.807) is 18.3 Å². The average Bonchev–Trinajstić information content (AvgIpc) is 3.45. The molecule has 1 aliphatic carbocycles. The summed E-state index contributed by atoms with van der Waals surface area (Å²) in [4.78, 5) is 22.8. The minimum atomic E-state index is -1.33. The Balaban J connectivity index is 1.39. The number of hydrogen-bond donors (Lipinski definition) is 1. The van der Waals surface area contributed by atoms with Crippen molar-refractivity contribution in [3.8, 4) is 0 Å². The van der Waals surface area contributed by atoms with Crippen molar-refractivity contribution in [1.82, 2.24) is 15.3 Å². The van der Waals surface area contributed by atoms with Crippen molar-refractivity contribution in [2.45, 2.75) is 31.4 Å². The monoisotopic (exact) mass is 362 g/mol. The van der Waals surface area contributed by atoms with Crippen LogP contribution >= 0.6 is 11.6 Å². The molecular formula is C18H20ClFN4O. The van der Waals surface area contributed by atoms with Crippen molar-refractivity contribution < 1.29 is 9.18 Å². The molecule has 2 aromatic rings. The summed E-state index contributed by atoms with van der Waals surface area (Å²) in [5, 5.41) is 3.39. The van der Waals surface area contributed by atoms with Gasteiger partial charge < -0.3 is 10.2 Å². The lowest BCUT2D eigenvalue weighted by molar-refractivity contribution is -0.123. The van der Waals surface area contributed by atoms with E-state index in [1.807, 2.05) is 11.0 Å². The molecule has 1 saturated carbocycles. The molecule has 1 saturated heterocycles. The largest absolute Gasteiger partial charge is 0.355 e. The molecule has 1 N–H and O–H groups in total. The Bertz CT molecular complexity index is 803. The molecule has 2 aliphatic rings. The van der Waals surface area contributed by atoms with Crippen molar-refractivity contribution in [3.05, 3.63) is 29.4 Å². The maximum absolute atomic E-state index is 14.9. The zero-order valence-electron chi connectivity index (χ0n) is 13.8. The van der Waals surface area contributed by atoms with Crippen LogP contribution in [-0.2, 0) is 4.79 Å². The van der Waals surface area contributed by atoms with Crippen LogP contribution in [0, 0.1) is 5.92 Å². The van der Waals surface area contributed by atoms with E-state index in [1.165, 1.54) is 0 Å². The van der Waals surface area contributed by atoms with Crippen LogP contribution in [-0.4, -0.2) is 41.2 Å². The van der Waals surface area contributed by atoms with Crippen molar-refractivity contribution in [1.29, 1.82) is 0 Å². The number of amides is 1. The third-order valence-corrected chi connectivity index (χ3v) is 5.24. The van der Waals surface area contributed by atoms with Crippen LogP contribution in [0.5, 0.6) is 0 Å². The van der Waals surface area contributed by atoms with E-state index in [0.717, 1.165) is 29.7 Å². The molecule has 1 aromatic carbocycles. The fourth-order valence-electron chi connectivity index (χ4n) is 3.18. The van der Waals surface area contributed by atoms with E-state index in [-0.39, 0.29) is 18.4 Å². The first kappa shape index (κ1) is 16.5. The zero-order valence-corrected chi connectivity index (χ0v) is 14.6. The highest BCUT2D eigenvalue weighted by Gasteiger charge is 2.37. The van der Waals surface area contributed by atoms with E-state index in [4.69, 9.17) is 11.6 Å². The predicted molar refractivity (Wildman–Crippen MR) is 95.6 cm³/mol. The molecule has 2 fully saturated rings. The molecule has 1 amide bonds.